The molecule has 2 aliphatic carbocycles. The fourth-order valence-electron chi connectivity index (χ4n) is 3.97. The average Bonchev–Trinajstić information content (AvgIpc) is 3.10. The van der Waals surface area contributed by atoms with Gasteiger partial charge in [0.2, 0.25) is 0 Å². The maximum atomic E-state index is 6.18. The fraction of sp³-hybridized carbons (Fsp3) is 0.667. The van der Waals surface area contributed by atoms with Gasteiger partial charge in [0.05, 0.1) is 7.11 Å². The van der Waals surface area contributed by atoms with E-state index in [1.807, 2.05) is 12.1 Å². The molecule has 3 atom stereocenters. The molecule has 2 aliphatic rings. The molecule has 0 aromatic heterocycles. The SMILES string of the molecule is CCCNC(Cc1cc(Cl)ccc1OC)C1CC2CC2C1. The number of hydrogen-bond acceptors (Lipinski definition) is 2. The monoisotopic (exact) mass is 307 g/mol. The summed E-state index contributed by atoms with van der Waals surface area (Å²) in [5, 5.41) is 4.57. The van der Waals surface area contributed by atoms with Gasteiger partial charge in [0.15, 0.2) is 0 Å². The Morgan fingerprint density at radius 1 is 1.29 bits per heavy atom. The minimum absolute atomic E-state index is 0.560. The summed E-state index contributed by atoms with van der Waals surface area (Å²) in [6.07, 6.45) is 6.51. The second-order valence-electron chi connectivity index (χ2n) is 6.71. The predicted molar refractivity (Wildman–Crippen MR) is 88.1 cm³/mol. The average molecular weight is 308 g/mol. The number of hydrogen-bond donors (Lipinski definition) is 1. The topological polar surface area (TPSA) is 21.3 Å². The molecule has 0 amide bonds. The molecule has 1 aromatic rings. The van der Waals surface area contributed by atoms with Crippen LogP contribution in [0.1, 0.15) is 38.2 Å². The number of fused-ring (bicyclic) bond motifs is 1. The summed E-state index contributed by atoms with van der Waals surface area (Å²) in [5.74, 6) is 3.85. The van der Waals surface area contributed by atoms with E-state index in [9.17, 15) is 0 Å². The Kier molecular flexibility index (Phi) is 4.75. The van der Waals surface area contributed by atoms with Crippen LogP contribution in [0.5, 0.6) is 5.75 Å². The molecule has 3 unspecified atom stereocenters. The highest BCUT2D eigenvalue weighted by Crippen LogP contribution is 2.55. The largest absolute Gasteiger partial charge is 0.496 e. The molecule has 2 fully saturated rings. The highest BCUT2D eigenvalue weighted by molar-refractivity contribution is 6.30. The third kappa shape index (κ3) is 3.54. The summed E-state index contributed by atoms with van der Waals surface area (Å²) in [5.41, 5.74) is 1.24. The Labute approximate surface area is 133 Å². The third-order valence-electron chi connectivity index (χ3n) is 5.19. The van der Waals surface area contributed by atoms with Crippen LogP contribution in [0.3, 0.4) is 0 Å². The third-order valence-corrected chi connectivity index (χ3v) is 5.42. The van der Waals surface area contributed by atoms with Crippen molar-refractivity contribution in [2.45, 2.75) is 45.1 Å². The van der Waals surface area contributed by atoms with Crippen molar-refractivity contribution in [2.75, 3.05) is 13.7 Å². The Hall–Kier alpha value is -0.730. The Morgan fingerprint density at radius 2 is 2.05 bits per heavy atom. The maximum absolute atomic E-state index is 6.18. The first-order chi connectivity index (χ1) is 10.2. The number of ether oxygens (including phenoxy) is 1. The van der Waals surface area contributed by atoms with Gasteiger partial charge in [0.1, 0.15) is 5.75 Å². The van der Waals surface area contributed by atoms with E-state index in [-0.39, 0.29) is 0 Å². The van der Waals surface area contributed by atoms with Crippen LogP contribution in [0.2, 0.25) is 5.02 Å². The summed E-state index contributed by atoms with van der Waals surface area (Å²) in [6.45, 7) is 3.33. The molecule has 1 N–H and O–H groups in total. The quantitative estimate of drug-likeness (QED) is 0.810. The zero-order chi connectivity index (χ0) is 14.8. The van der Waals surface area contributed by atoms with Crippen molar-refractivity contribution in [1.29, 1.82) is 0 Å². The highest BCUT2D eigenvalue weighted by Gasteiger charge is 2.47. The standard InChI is InChI=1S/C18H26ClNO/c1-3-6-20-17(14-8-12-7-13(12)9-14)11-15-10-16(19)4-5-18(15)21-2/h4-5,10,12-14,17,20H,3,6-9,11H2,1-2H3. The van der Waals surface area contributed by atoms with E-state index in [2.05, 4.69) is 18.3 Å². The van der Waals surface area contributed by atoms with Crippen molar-refractivity contribution in [3.63, 3.8) is 0 Å². The zero-order valence-corrected chi connectivity index (χ0v) is 13.8. The van der Waals surface area contributed by atoms with E-state index in [0.717, 1.165) is 41.5 Å². The van der Waals surface area contributed by atoms with Crippen molar-refractivity contribution < 1.29 is 4.74 Å². The summed E-state index contributed by atoms with van der Waals surface area (Å²) < 4.78 is 5.51. The first kappa shape index (κ1) is 15.2. The van der Waals surface area contributed by atoms with E-state index in [4.69, 9.17) is 16.3 Å². The molecule has 116 valence electrons. The van der Waals surface area contributed by atoms with Gasteiger partial charge in [-0.15, -0.1) is 0 Å². The molecule has 0 spiro atoms. The predicted octanol–water partition coefficient (Wildman–Crippen LogP) is 4.31. The summed E-state index contributed by atoms with van der Waals surface area (Å²) >= 11 is 6.18. The Balaban J connectivity index is 1.72. The zero-order valence-electron chi connectivity index (χ0n) is 13.1. The summed E-state index contributed by atoms with van der Waals surface area (Å²) in [6, 6.07) is 6.52. The molecule has 1 aromatic carbocycles. The van der Waals surface area contributed by atoms with Crippen LogP contribution in [0, 0.1) is 17.8 Å². The van der Waals surface area contributed by atoms with Gasteiger partial charge in [0.25, 0.3) is 0 Å². The molecule has 3 heteroatoms. The van der Waals surface area contributed by atoms with E-state index < -0.39 is 0 Å². The van der Waals surface area contributed by atoms with Crippen molar-refractivity contribution >= 4 is 11.6 Å². The van der Waals surface area contributed by atoms with E-state index >= 15 is 0 Å². The molecule has 0 heterocycles. The molecule has 3 rings (SSSR count). The Morgan fingerprint density at radius 3 is 2.71 bits per heavy atom. The van der Waals surface area contributed by atoms with Crippen LogP contribution >= 0.6 is 11.6 Å². The highest BCUT2D eigenvalue weighted by atomic mass is 35.5. The van der Waals surface area contributed by atoms with Gasteiger partial charge in [-0.25, -0.2) is 0 Å². The maximum Gasteiger partial charge on any atom is 0.122 e. The van der Waals surface area contributed by atoms with E-state index in [1.165, 1.54) is 31.2 Å². The smallest absolute Gasteiger partial charge is 0.122 e. The summed E-state index contributed by atoms with van der Waals surface area (Å²) in [7, 11) is 1.74. The molecule has 21 heavy (non-hydrogen) atoms. The number of nitrogens with one attached hydrogen (secondary N) is 1. The number of methoxy groups -OCH3 is 1. The molecule has 0 saturated heterocycles. The second-order valence-corrected chi connectivity index (χ2v) is 7.14. The van der Waals surface area contributed by atoms with Gasteiger partial charge in [-0.05, 0) is 80.2 Å². The van der Waals surface area contributed by atoms with E-state index in [0.29, 0.717) is 6.04 Å². The van der Waals surface area contributed by atoms with Gasteiger partial charge in [-0.2, -0.15) is 0 Å². The number of benzene rings is 1. The summed E-state index contributed by atoms with van der Waals surface area (Å²) in [4.78, 5) is 0. The molecule has 2 saturated carbocycles. The van der Waals surface area contributed by atoms with Crippen molar-refractivity contribution in [1.82, 2.24) is 5.32 Å². The lowest BCUT2D eigenvalue weighted by atomic mass is 9.89. The van der Waals surface area contributed by atoms with Gasteiger partial charge in [-0.1, -0.05) is 18.5 Å². The Bertz CT molecular complexity index is 480. The van der Waals surface area contributed by atoms with Crippen LogP contribution < -0.4 is 10.1 Å². The van der Waals surface area contributed by atoms with Gasteiger partial charge >= 0.3 is 0 Å². The lowest BCUT2D eigenvalue weighted by Crippen LogP contribution is -2.38. The minimum Gasteiger partial charge on any atom is -0.496 e. The van der Waals surface area contributed by atoms with Crippen LogP contribution in [0.25, 0.3) is 0 Å². The van der Waals surface area contributed by atoms with Crippen molar-refractivity contribution in [2.24, 2.45) is 17.8 Å². The second kappa shape index (κ2) is 6.58. The number of rotatable bonds is 7. The molecular weight excluding hydrogens is 282 g/mol. The van der Waals surface area contributed by atoms with Crippen molar-refractivity contribution in [3.8, 4) is 5.75 Å². The lowest BCUT2D eigenvalue weighted by Gasteiger charge is -2.27. The van der Waals surface area contributed by atoms with Crippen LogP contribution in [0.4, 0.5) is 0 Å². The van der Waals surface area contributed by atoms with Crippen LogP contribution in [-0.2, 0) is 6.42 Å². The molecule has 0 bridgehead atoms. The first-order valence-electron chi connectivity index (χ1n) is 8.27. The fourth-order valence-corrected chi connectivity index (χ4v) is 4.16. The van der Waals surface area contributed by atoms with Crippen molar-refractivity contribution in [3.05, 3.63) is 28.8 Å². The van der Waals surface area contributed by atoms with Gasteiger partial charge < -0.3 is 10.1 Å². The normalized spacial score (nSPS) is 28.2. The van der Waals surface area contributed by atoms with Gasteiger partial charge in [-0.3, -0.25) is 0 Å². The molecule has 0 radical (unpaired) electrons. The molecule has 2 nitrogen and oxygen atoms in total. The molecule has 0 aliphatic heterocycles. The van der Waals surface area contributed by atoms with Gasteiger partial charge in [0, 0.05) is 11.1 Å². The van der Waals surface area contributed by atoms with Crippen LogP contribution in [0.15, 0.2) is 18.2 Å². The van der Waals surface area contributed by atoms with Crippen LogP contribution in [-0.4, -0.2) is 19.7 Å². The molecular formula is C18H26ClNO. The lowest BCUT2D eigenvalue weighted by molar-refractivity contribution is 0.327. The van der Waals surface area contributed by atoms with E-state index in [1.54, 1.807) is 7.11 Å². The first-order valence-corrected chi connectivity index (χ1v) is 8.64. The minimum atomic E-state index is 0.560. The number of halogens is 1.